The second-order valence-electron chi connectivity index (χ2n) is 5.13. The van der Waals surface area contributed by atoms with E-state index in [2.05, 4.69) is 17.4 Å². The highest BCUT2D eigenvalue weighted by atomic mass is 16.4. The Morgan fingerprint density at radius 1 is 1.15 bits per heavy atom. The Kier molecular flexibility index (Phi) is 3.52. The predicted octanol–water partition coefficient (Wildman–Crippen LogP) is 2.81. The Bertz CT molecular complexity index is 622. The van der Waals surface area contributed by atoms with Crippen molar-refractivity contribution in [1.82, 2.24) is 5.32 Å². The number of hydrogen-bond acceptors (Lipinski definition) is 2. The summed E-state index contributed by atoms with van der Waals surface area (Å²) in [6, 6.07) is 15.9. The normalized spacial score (nSPS) is 17.5. The summed E-state index contributed by atoms with van der Waals surface area (Å²) in [5, 5.41) is 12.9. The minimum absolute atomic E-state index is 0.0773. The van der Waals surface area contributed by atoms with Crippen LogP contribution in [0.1, 0.15) is 33.1 Å². The van der Waals surface area contributed by atoms with Gasteiger partial charge in [-0.2, -0.15) is 0 Å². The summed E-state index contributed by atoms with van der Waals surface area (Å²) >= 11 is 0. The third-order valence-electron chi connectivity index (χ3n) is 3.84. The van der Waals surface area contributed by atoms with E-state index in [0.29, 0.717) is 5.56 Å². The highest BCUT2D eigenvalue weighted by Crippen LogP contribution is 2.29. The molecule has 3 heteroatoms. The minimum atomic E-state index is -0.844. The molecule has 0 aliphatic carbocycles. The first kappa shape index (κ1) is 12.9. The summed E-state index contributed by atoms with van der Waals surface area (Å²) in [7, 11) is 0. The number of carboxylic acids is 1. The SMILES string of the molecule is O=C(O)c1cccc2c1C(Cc1ccccc1)NCC2. The van der Waals surface area contributed by atoms with E-state index in [9.17, 15) is 9.90 Å². The second-order valence-corrected chi connectivity index (χ2v) is 5.13. The van der Waals surface area contributed by atoms with Crippen molar-refractivity contribution in [2.75, 3.05) is 6.54 Å². The Morgan fingerprint density at radius 2 is 1.95 bits per heavy atom. The van der Waals surface area contributed by atoms with E-state index >= 15 is 0 Å². The molecule has 1 aliphatic rings. The average Bonchev–Trinajstić information content (AvgIpc) is 2.48. The molecule has 0 fully saturated rings. The van der Waals surface area contributed by atoms with Crippen molar-refractivity contribution >= 4 is 5.97 Å². The van der Waals surface area contributed by atoms with Gasteiger partial charge in [0, 0.05) is 6.04 Å². The molecule has 1 aliphatic heterocycles. The molecule has 0 amide bonds. The van der Waals surface area contributed by atoms with Gasteiger partial charge in [0.1, 0.15) is 0 Å². The minimum Gasteiger partial charge on any atom is -0.478 e. The Morgan fingerprint density at radius 3 is 2.70 bits per heavy atom. The summed E-state index contributed by atoms with van der Waals surface area (Å²) in [5.41, 5.74) is 3.76. The molecular formula is C17H17NO2. The lowest BCUT2D eigenvalue weighted by Crippen LogP contribution is -2.32. The largest absolute Gasteiger partial charge is 0.478 e. The molecule has 0 radical (unpaired) electrons. The van der Waals surface area contributed by atoms with Crippen LogP contribution >= 0.6 is 0 Å². The molecule has 0 bridgehead atoms. The molecule has 1 heterocycles. The van der Waals surface area contributed by atoms with E-state index in [1.54, 1.807) is 6.07 Å². The van der Waals surface area contributed by atoms with Crippen LogP contribution in [0.15, 0.2) is 48.5 Å². The molecule has 2 N–H and O–H groups in total. The maximum atomic E-state index is 11.4. The highest BCUT2D eigenvalue weighted by molar-refractivity contribution is 5.90. The Hall–Kier alpha value is -2.13. The van der Waals surface area contributed by atoms with Crippen molar-refractivity contribution in [3.8, 4) is 0 Å². The van der Waals surface area contributed by atoms with Gasteiger partial charge in [0.15, 0.2) is 0 Å². The average molecular weight is 267 g/mol. The van der Waals surface area contributed by atoms with Crippen molar-refractivity contribution in [3.05, 3.63) is 70.8 Å². The standard InChI is InChI=1S/C17H17NO2/c19-17(20)14-8-4-7-13-9-10-18-15(16(13)14)11-12-5-2-1-3-6-12/h1-8,15,18H,9-11H2,(H,19,20). The third kappa shape index (κ3) is 2.45. The zero-order chi connectivity index (χ0) is 13.9. The Labute approximate surface area is 118 Å². The maximum absolute atomic E-state index is 11.4. The summed E-state index contributed by atoms with van der Waals surface area (Å²) in [5.74, 6) is -0.844. The van der Waals surface area contributed by atoms with Gasteiger partial charge < -0.3 is 10.4 Å². The fraction of sp³-hybridized carbons (Fsp3) is 0.235. The molecule has 3 rings (SSSR count). The zero-order valence-corrected chi connectivity index (χ0v) is 11.2. The quantitative estimate of drug-likeness (QED) is 0.899. The van der Waals surface area contributed by atoms with Gasteiger partial charge in [0.05, 0.1) is 5.56 Å². The number of carbonyl (C=O) groups is 1. The first-order valence-electron chi connectivity index (χ1n) is 6.88. The molecule has 1 atom stereocenters. The second kappa shape index (κ2) is 5.47. The lowest BCUT2D eigenvalue weighted by Gasteiger charge is -2.28. The first-order chi connectivity index (χ1) is 9.75. The van der Waals surface area contributed by atoms with Gasteiger partial charge in [-0.05, 0) is 42.1 Å². The van der Waals surface area contributed by atoms with E-state index in [1.165, 1.54) is 5.56 Å². The van der Waals surface area contributed by atoms with Crippen LogP contribution in [0, 0.1) is 0 Å². The number of nitrogens with one attached hydrogen (secondary N) is 1. The van der Waals surface area contributed by atoms with E-state index < -0.39 is 5.97 Å². The Balaban J connectivity index is 1.98. The zero-order valence-electron chi connectivity index (χ0n) is 11.2. The van der Waals surface area contributed by atoms with E-state index in [-0.39, 0.29) is 6.04 Å². The first-order valence-corrected chi connectivity index (χ1v) is 6.88. The molecule has 3 nitrogen and oxygen atoms in total. The number of benzene rings is 2. The highest BCUT2D eigenvalue weighted by Gasteiger charge is 2.25. The van der Waals surface area contributed by atoms with Gasteiger partial charge in [-0.3, -0.25) is 0 Å². The van der Waals surface area contributed by atoms with Crippen molar-refractivity contribution in [2.24, 2.45) is 0 Å². The number of fused-ring (bicyclic) bond motifs is 1. The van der Waals surface area contributed by atoms with Gasteiger partial charge in [-0.1, -0.05) is 42.5 Å². The number of rotatable bonds is 3. The van der Waals surface area contributed by atoms with E-state index in [4.69, 9.17) is 0 Å². The van der Waals surface area contributed by atoms with Crippen LogP contribution in [-0.2, 0) is 12.8 Å². The third-order valence-corrected chi connectivity index (χ3v) is 3.84. The number of carboxylic acid groups (broad SMARTS) is 1. The lowest BCUT2D eigenvalue weighted by atomic mass is 9.87. The number of aromatic carboxylic acids is 1. The van der Waals surface area contributed by atoms with E-state index in [1.807, 2.05) is 30.3 Å². The smallest absolute Gasteiger partial charge is 0.336 e. The topological polar surface area (TPSA) is 49.3 Å². The van der Waals surface area contributed by atoms with Crippen molar-refractivity contribution in [3.63, 3.8) is 0 Å². The van der Waals surface area contributed by atoms with Crippen LogP contribution in [0.4, 0.5) is 0 Å². The van der Waals surface area contributed by atoms with Crippen LogP contribution < -0.4 is 5.32 Å². The van der Waals surface area contributed by atoms with Gasteiger partial charge >= 0.3 is 5.97 Å². The van der Waals surface area contributed by atoms with Crippen molar-refractivity contribution in [2.45, 2.75) is 18.9 Å². The molecule has 20 heavy (non-hydrogen) atoms. The van der Waals surface area contributed by atoms with Gasteiger partial charge in [-0.25, -0.2) is 4.79 Å². The van der Waals surface area contributed by atoms with Gasteiger partial charge in [0.2, 0.25) is 0 Å². The fourth-order valence-corrected chi connectivity index (χ4v) is 2.94. The molecule has 0 spiro atoms. The van der Waals surface area contributed by atoms with Gasteiger partial charge in [-0.15, -0.1) is 0 Å². The van der Waals surface area contributed by atoms with Crippen molar-refractivity contribution in [1.29, 1.82) is 0 Å². The summed E-state index contributed by atoms with van der Waals surface area (Å²) < 4.78 is 0. The molecular weight excluding hydrogens is 250 g/mol. The molecule has 0 saturated carbocycles. The molecule has 2 aromatic carbocycles. The fourth-order valence-electron chi connectivity index (χ4n) is 2.94. The van der Waals surface area contributed by atoms with Crippen molar-refractivity contribution < 1.29 is 9.90 Å². The van der Waals surface area contributed by atoms with Crippen LogP contribution in [-0.4, -0.2) is 17.6 Å². The van der Waals surface area contributed by atoms with E-state index in [0.717, 1.165) is 30.5 Å². The number of hydrogen-bond donors (Lipinski definition) is 2. The van der Waals surface area contributed by atoms with Crippen LogP contribution in [0.3, 0.4) is 0 Å². The summed E-state index contributed by atoms with van der Waals surface area (Å²) in [6.07, 6.45) is 1.71. The summed E-state index contributed by atoms with van der Waals surface area (Å²) in [6.45, 7) is 0.896. The molecule has 0 saturated heterocycles. The molecule has 1 unspecified atom stereocenters. The molecule has 0 aromatic heterocycles. The monoisotopic (exact) mass is 267 g/mol. The van der Waals surface area contributed by atoms with Crippen LogP contribution in [0.2, 0.25) is 0 Å². The molecule has 102 valence electrons. The maximum Gasteiger partial charge on any atom is 0.336 e. The van der Waals surface area contributed by atoms with Crippen LogP contribution in [0.25, 0.3) is 0 Å². The van der Waals surface area contributed by atoms with Crippen LogP contribution in [0.5, 0.6) is 0 Å². The summed E-state index contributed by atoms with van der Waals surface area (Å²) in [4.78, 5) is 11.4. The van der Waals surface area contributed by atoms with Gasteiger partial charge in [0.25, 0.3) is 0 Å². The lowest BCUT2D eigenvalue weighted by molar-refractivity contribution is 0.0694. The molecule has 2 aromatic rings. The predicted molar refractivity (Wildman–Crippen MR) is 78.0 cm³/mol.